The van der Waals surface area contributed by atoms with Crippen molar-refractivity contribution in [3.05, 3.63) is 34.9 Å². The third-order valence-electron chi connectivity index (χ3n) is 7.62. The lowest BCUT2D eigenvalue weighted by atomic mass is 9.49. The van der Waals surface area contributed by atoms with Crippen molar-refractivity contribution in [1.82, 2.24) is 0 Å². The number of carbonyl (C=O) groups excluding carboxylic acids is 1. The Morgan fingerprint density at radius 3 is 2.77 bits per heavy atom. The first-order valence-electron chi connectivity index (χ1n) is 9.17. The van der Waals surface area contributed by atoms with Crippen LogP contribution in [0.2, 0.25) is 0 Å². The molecule has 2 fully saturated rings. The second-order valence-corrected chi connectivity index (χ2v) is 8.44. The summed E-state index contributed by atoms with van der Waals surface area (Å²) in [5, 5.41) is 0. The summed E-state index contributed by atoms with van der Waals surface area (Å²) in [5.41, 5.74) is 5.22. The quantitative estimate of drug-likeness (QED) is 0.468. The predicted molar refractivity (Wildman–Crippen MR) is 90.4 cm³/mol. The Bertz CT molecular complexity index is 593. The lowest BCUT2D eigenvalue weighted by molar-refractivity contribution is -0.104. The predicted octanol–water partition coefficient (Wildman–Crippen LogP) is 5.38. The van der Waals surface area contributed by atoms with E-state index in [1.165, 1.54) is 56.9 Å². The van der Waals surface area contributed by atoms with Gasteiger partial charge in [-0.3, -0.25) is 4.79 Å². The van der Waals surface area contributed by atoms with Crippen molar-refractivity contribution in [2.45, 2.75) is 65.2 Å². The Kier molecular flexibility index (Phi) is 3.25. The highest BCUT2D eigenvalue weighted by atomic mass is 16.1. The smallest absolute Gasteiger partial charge is 0.143 e. The van der Waals surface area contributed by atoms with Crippen LogP contribution < -0.4 is 0 Å². The summed E-state index contributed by atoms with van der Waals surface area (Å²) in [6, 6.07) is 0. The molecule has 1 unspecified atom stereocenters. The minimum absolute atomic E-state index is 0.116. The summed E-state index contributed by atoms with van der Waals surface area (Å²) in [6.45, 7) is 4.95. The van der Waals surface area contributed by atoms with Crippen LogP contribution in [0.25, 0.3) is 0 Å². The fourth-order valence-corrected chi connectivity index (χ4v) is 6.27. The van der Waals surface area contributed by atoms with E-state index in [0.717, 1.165) is 18.1 Å². The highest BCUT2D eigenvalue weighted by molar-refractivity contribution is 5.70. The van der Waals surface area contributed by atoms with Gasteiger partial charge in [0.15, 0.2) is 0 Å². The van der Waals surface area contributed by atoms with Gasteiger partial charge >= 0.3 is 0 Å². The number of carbonyl (C=O) groups is 1. The SMILES string of the molecule is C[C@]12CC[C@H]3C(=C1C=CC2=CC=O)CCC1CCCC[C@@]13C. The lowest BCUT2D eigenvalue weighted by Gasteiger charge is -2.55. The van der Waals surface area contributed by atoms with Crippen LogP contribution in [0.1, 0.15) is 65.2 Å². The highest BCUT2D eigenvalue weighted by Gasteiger charge is 2.52. The molecular formula is C21H28O. The van der Waals surface area contributed by atoms with Gasteiger partial charge in [-0.25, -0.2) is 0 Å². The summed E-state index contributed by atoms with van der Waals surface area (Å²) < 4.78 is 0. The molecule has 0 spiro atoms. The number of fused-ring (bicyclic) bond motifs is 4. The zero-order valence-electron chi connectivity index (χ0n) is 14.0. The van der Waals surface area contributed by atoms with Crippen molar-refractivity contribution >= 4 is 6.29 Å². The van der Waals surface area contributed by atoms with Crippen molar-refractivity contribution in [2.75, 3.05) is 0 Å². The monoisotopic (exact) mass is 296 g/mol. The fraction of sp³-hybridized carbons (Fsp3) is 0.667. The molecule has 1 nitrogen and oxygen atoms in total. The Morgan fingerprint density at radius 1 is 1.09 bits per heavy atom. The van der Waals surface area contributed by atoms with E-state index in [1.807, 2.05) is 0 Å². The van der Waals surface area contributed by atoms with Crippen molar-refractivity contribution in [3.8, 4) is 0 Å². The molecule has 0 aromatic carbocycles. The molecule has 0 bridgehead atoms. The zero-order chi connectivity index (χ0) is 15.4. The first-order chi connectivity index (χ1) is 10.6. The van der Waals surface area contributed by atoms with Crippen LogP contribution in [-0.4, -0.2) is 6.29 Å². The average Bonchev–Trinajstić information content (AvgIpc) is 2.84. The first-order valence-corrected chi connectivity index (χ1v) is 9.17. The highest BCUT2D eigenvalue weighted by Crippen LogP contribution is 2.63. The van der Waals surface area contributed by atoms with Gasteiger partial charge in [0.2, 0.25) is 0 Å². The second-order valence-electron chi connectivity index (χ2n) is 8.44. The van der Waals surface area contributed by atoms with Crippen molar-refractivity contribution in [2.24, 2.45) is 22.7 Å². The van der Waals surface area contributed by atoms with Gasteiger partial charge in [0, 0.05) is 5.41 Å². The molecule has 4 aliphatic carbocycles. The Hall–Kier alpha value is -1.11. The largest absolute Gasteiger partial charge is 0.299 e. The Labute approximate surface area is 134 Å². The number of allylic oxidation sites excluding steroid dienone is 6. The summed E-state index contributed by atoms with van der Waals surface area (Å²) in [5.74, 6) is 1.75. The minimum Gasteiger partial charge on any atom is -0.299 e. The minimum atomic E-state index is 0.116. The molecule has 0 amide bonds. The molecule has 22 heavy (non-hydrogen) atoms. The maximum Gasteiger partial charge on any atom is 0.143 e. The standard InChI is InChI=1S/C21H28O/c1-20-12-4-3-5-15(20)6-8-17-18-9-7-16(11-14-22)21(18,2)13-10-19(17)20/h7,9,11,14-15,19H,3-6,8,10,12-13H2,1-2H3/t15?,19-,20-,21+/m0/s1. The van der Waals surface area contributed by atoms with Crippen molar-refractivity contribution in [1.29, 1.82) is 0 Å². The van der Waals surface area contributed by atoms with Crippen molar-refractivity contribution < 1.29 is 4.79 Å². The molecule has 4 atom stereocenters. The average molecular weight is 296 g/mol. The van der Waals surface area contributed by atoms with Crippen LogP contribution >= 0.6 is 0 Å². The molecule has 1 heteroatoms. The van der Waals surface area contributed by atoms with Gasteiger partial charge in [-0.05, 0) is 73.0 Å². The third-order valence-corrected chi connectivity index (χ3v) is 7.62. The molecular weight excluding hydrogens is 268 g/mol. The van der Waals surface area contributed by atoms with E-state index in [-0.39, 0.29) is 5.41 Å². The topological polar surface area (TPSA) is 17.1 Å². The van der Waals surface area contributed by atoms with E-state index in [1.54, 1.807) is 17.2 Å². The molecule has 0 saturated heterocycles. The van der Waals surface area contributed by atoms with Gasteiger partial charge in [0.1, 0.15) is 6.29 Å². The maximum atomic E-state index is 11.0. The third kappa shape index (κ3) is 1.80. The van der Waals surface area contributed by atoms with E-state index in [4.69, 9.17) is 0 Å². The molecule has 0 radical (unpaired) electrons. The molecule has 0 heterocycles. The summed E-state index contributed by atoms with van der Waals surface area (Å²) in [7, 11) is 0. The van der Waals surface area contributed by atoms with E-state index < -0.39 is 0 Å². The molecule has 2 saturated carbocycles. The zero-order valence-corrected chi connectivity index (χ0v) is 14.0. The molecule has 0 aromatic heterocycles. The van der Waals surface area contributed by atoms with E-state index >= 15 is 0 Å². The van der Waals surface area contributed by atoms with Gasteiger partial charge in [0.05, 0.1) is 0 Å². The summed E-state index contributed by atoms with van der Waals surface area (Å²) >= 11 is 0. The molecule has 0 aromatic rings. The number of aldehydes is 1. The molecule has 4 rings (SSSR count). The van der Waals surface area contributed by atoms with Crippen LogP contribution in [0.5, 0.6) is 0 Å². The lowest BCUT2D eigenvalue weighted by Crippen LogP contribution is -2.45. The summed E-state index contributed by atoms with van der Waals surface area (Å²) in [6.07, 6.45) is 18.3. The van der Waals surface area contributed by atoms with Gasteiger partial charge in [-0.1, -0.05) is 44.4 Å². The Balaban J connectivity index is 1.78. The fourth-order valence-electron chi connectivity index (χ4n) is 6.27. The number of hydrogen-bond donors (Lipinski definition) is 0. The summed E-state index contributed by atoms with van der Waals surface area (Å²) in [4.78, 5) is 11.0. The van der Waals surface area contributed by atoms with Gasteiger partial charge in [0.25, 0.3) is 0 Å². The second kappa shape index (κ2) is 4.94. The van der Waals surface area contributed by atoms with E-state index in [0.29, 0.717) is 5.41 Å². The molecule has 4 aliphatic rings. The van der Waals surface area contributed by atoms with Crippen LogP contribution in [0, 0.1) is 22.7 Å². The first kappa shape index (κ1) is 14.5. The van der Waals surface area contributed by atoms with Crippen molar-refractivity contribution in [3.63, 3.8) is 0 Å². The van der Waals surface area contributed by atoms with Crippen LogP contribution in [0.4, 0.5) is 0 Å². The maximum absolute atomic E-state index is 11.0. The molecule has 0 aliphatic heterocycles. The van der Waals surface area contributed by atoms with Crippen LogP contribution in [-0.2, 0) is 4.79 Å². The van der Waals surface area contributed by atoms with Gasteiger partial charge < -0.3 is 0 Å². The van der Waals surface area contributed by atoms with Gasteiger partial charge in [-0.2, -0.15) is 0 Å². The van der Waals surface area contributed by atoms with E-state index in [2.05, 4.69) is 26.0 Å². The molecule has 0 N–H and O–H groups in total. The molecule has 118 valence electrons. The van der Waals surface area contributed by atoms with Gasteiger partial charge in [-0.15, -0.1) is 0 Å². The van der Waals surface area contributed by atoms with E-state index in [9.17, 15) is 4.79 Å². The number of rotatable bonds is 1. The number of hydrogen-bond acceptors (Lipinski definition) is 1. The van der Waals surface area contributed by atoms with Crippen LogP contribution in [0.15, 0.2) is 34.9 Å². The van der Waals surface area contributed by atoms with Crippen LogP contribution in [0.3, 0.4) is 0 Å². The Morgan fingerprint density at radius 2 is 1.95 bits per heavy atom. The normalized spacial score (nSPS) is 45.5.